The fourth-order valence-corrected chi connectivity index (χ4v) is 1.78. The third-order valence-corrected chi connectivity index (χ3v) is 3.19. The van der Waals surface area contributed by atoms with E-state index in [0.29, 0.717) is 0 Å². The minimum Gasteiger partial charge on any atom is -0.476 e. The van der Waals surface area contributed by atoms with E-state index >= 15 is 0 Å². The molecule has 0 spiro atoms. The van der Waals surface area contributed by atoms with E-state index in [4.69, 9.17) is 5.11 Å². The summed E-state index contributed by atoms with van der Waals surface area (Å²) in [6.07, 6.45) is 1.38. The number of nitrogens with zero attached hydrogens (tertiary/aromatic N) is 1. The number of aromatic nitrogens is 1. The first-order valence-electron chi connectivity index (χ1n) is 5.42. The van der Waals surface area contributed by atoms with Crippen LogP contribution in [0.1, 0.15) is 31.3 Å². The Balaban J connectivity index is 2.68. The van der Waals surface area contributed by atoms with Crippen molar-refractivity contribution in [2.24, 2.45) is 0 Å². The molecule has 0 aromatic carbocycles. The van der Waals surface area contributed by atoms with Gasteiger partial charge in [-0.2, -0.15) is 0 Å². The molecule has 1 aromatic heterocycles. The molecule has 2 N–H and O–H groups in total. The highest BCUT2D eigenvalue weighted by Crippen LogP contribution is 2.23. The van der Waals surface area contributed by atoms with Crippen LogP contribution in [0.3, 0.4) is 0 Å². The molecular formula is C12H16N2O3S. The molecule has 1 amide bonds. The second kappa shape index (κ2) is 5.86. The first-order valence-corrected chi connectivity index (χ1v) is 6.40. The minimum absolute atomic E-state index is 0.0120. The number of carbonyl (C=O) groups excluding carboxylic acids is 1. The number of thioether (sulfide) groups is 1. The Bertz CT molecular complexity index is 455. The molecule has 0 radical (unpaired) electrons. The van der Waals surface area contributed by atoms with E-state index in [1.807, 2.05) is 20.8 Å². The van der Waals surface area contributed by atoms with Crippen LogP contribution < -0.4 is 5.32 Å². The highest BCUT2D eigenvalue weighted by Gasteiger charge is 2.16. The quantitative estimate of drug-likeness (QED) is 0.875. The van der Waals surface area contributed by atoms with Gasteiger partial charge in [-0.25, -0.2) is 9.78 Å². The Morgan fingerprint density at radius 3 is 2.67 bits per heavy atom. The second-order valence-electron chi connectivity index (χ2n) is 4.65. The van der Waals surface area contributed by atoms with Gasteiger partial charge in [-0.1, -0.05) is 20.8 Å². The van der Waals surface area contributed by atoms with Crippen molar-refractivity contribution in [3.05, 3.63) is 24.0 Å². The van der Waals surface area contributed by atoms with Crippen LogP contribution in [0.15, 0.2) is 18.3 Å². The van der Waals surface area contributed by atoms with Crippen LogP contribution in [-0.2, 0) is 4.79 Å². The molecule has 6 heteroatoms. The first-order chi connectivity index (χ1) is 8.29. The number of hydrogen-bond donors (Lipinski definition) is 2. The Labute approximate surface area is 110 Å². The number of pyridine rings is 1. The zero-order chi connectivity index (χ0) is 13.8. The van der Waals surface area contributed by atoms with Crippen LogP contribution in [0.2, 0.25) is 0 Å². The van der Waals surface area contributed by atoms with Crippen LogP contribution >= 0.6 is 11.8 Å². The van der Waals surface area contributed by atoms with Crippen LogP contribution in [-0.4, -0.2) is 32.5 Å². The Kier molecular flexibility index (Phi) is 4.72. The number of carboxylic acid groups (broad SMARTS) is 1. The minimum atomic E-state index is -1.16. The summed E-state index contributed by atoms with van der Waals surface area (Å²) < 4.78 is -0.0120. The summed E-state index contributed by atoms with van der Waals surface area (Å²) >= 11 is 1.50. The summed E-state index contributed by atoms with van der Waals surface area (Å²) in [6.45, 7) is 6.03. The molecule has 0 atom stereocenters. The van der Waals surface area contributed by atoms with Crippen LogP contribution in [0, 0.1) is 0 Å². The monoisotopic (exact) mass is 268 g/mol. The number of carboxylic acids is 1. The van der Waals surface area contributed by atoms with Gasteiger partial charge in [0.25, 0.3) is 0 Å². The predicted molar refractivity (Wildman–Crippen MR) is 72.0 cm³/mol. The van der Waals surface area contributed by atoms with E-state index in [9.17, 15) is 9.59 Å². The molecule has 0 aliphatic rings. The summed E-state index contributed by atoms with van der Waals surface area (Å²) in [5.74, 6) is -1.11. The number of hydrogen-bond acceptors (Lipinski definition) is 4. The largest absolute Gasteiger partial charge is 0.476 e. The van der Waals surface area contributed by atoms with Crippen LogP contribution in [0.4, 0.5) is 5.69 Å². The normalized spacial score (nSPS) is 11.1. The standard InChI is InChI=1S/C12H16N2O3S/c1-12(2,3)18-7-9(15)14-8-5-4-6-13-10(8)11(16)17/h4-6H,7H2,1-3H3,(H,14,15)(H,16,17). The number of anilines is 1. The Hall–Kier alpha value is -1.56. The molecular weight excluding hydrogens is 252 g/mol. The molecule has 5 nitrogen and oxygen atoms in total. The first kappa shape index (κ1) is 14.5. The molecule has 0 saturated carbocycles. The molecule has 0 aliphatic carbocycles. The van der Waals surface area contributed by atoms with Crippen molar-refractivity contribution >= 4 is 29.3 Å². The summed E-state index contributed by atoms with van der Waals surface area (Å²) in [5.41, 5.74) is 0.0797. The fourth-order valence-electron chi connectivity index (χ4n) is 1.14. The molecule has 18 heavy (non-hydrogen) atoms. The lowest BCUT2D eigenvalue weighted by Gasteiger charge is -2.17. The maximum absolute atomic E-state index is 11.7. The smallest absolute Gasteiger partial charge is 0.356 e. The summed E-state index contributed by atoms with van der Waals surface area (Å²) in [5, 5.41) is 11.5. The van der Waals surface area contributed by atoms with Gasteiger partial charge in [0.2, 0.25) is 5.91 Å². The topological polar surface area (TPSA) is 79.3 Å². The lowest BCUT2D eigenvalue weighted by Crippen LogP contribution is -2.20. The van der Waals surface area contributed by atoms with E-state index in [-0.39, 0.29) is 27.8 Å². The number of nitrogens with one attached hydrogen (secondary N) is 1. The van der Waals surface area contributed by atoms with E-state index in [1.165, 1.54) is 24.0 Å². The van der Waals surface area contributed by atoms with Crippen molar-refractivity contribution in [2.45, 2.75) is 25.5 Å². The van der Waals surface area contributed by atoms with E-state index < -0.39 is 5.97 Å². The summed E-state index contributed by atoms with van der Waals surface area (Å²) in [6, 6.07) is 3.11. The lowest BCUT2D eigenvalue weighted by atomic mass is 10.3. The van der Waals surface area contributed by atoms with Gasteiger partial charge >= 0.3 is 5.97 Å². The van der Waals surface area contributed by atoms with Crippen LogP contribution in [0.5, 0.6) is 0 Å². The van der Waals surface area contributed by atoms with Crippen molar-refractivity contribution in [3.63, 3.8) is 0 Å². The van der Waals surface area contributed by atoms with Crippen molar-refractivity contribution in [3.8, 4) is 0 Å². The van der Waals surface area contributed by atoms with E-state index in [2.05, 4.69) is 10.3 Å². The maximum Gasteiger partial charge on any atom is 0.356 e. The zero-order valence-electron chi connectivity index (χ0n) is 10.6. The van der Waals surface area contributed by atoms with E-state index in [0.717, 1.165) is 0 Å². The SMILES string of the molecule is CC(C)(C)SCC(=O)Nc1cccnc1C(=O)O. The number of rotatable bonds is 4. The maximum atomic E-state index is 11.7. The van der Waals surface area contributed by atoms with Crippen molar-refractivity contribution in [2.75, 3.05) is 11.1 Å². The molecule has 1 rings (SSSR count). The van der Waals surface area contributed by atoms with Gasteiger partial charge in [0, 0.05) is 10.9 Å². The van der Waals surface area contributed by atoms with Gasteiger partial charge < -0.3 is 10.4 Å². The van der Waals surface area contributed by atoms with Gasteiger partial charge in [0.05, 0.1) is 11.4 Å². The molecule has 1 heterocycles. The summed E-state index contributed by atoms with van der Waals surface area (Å²) in [7, 11) is 0. The zero-order valence-corrected chi connectivity index (χ0v) is 11.4. The number of aromatic carboxylic acids is 1. The molecule has 98 valence electrons. The van der Waals surface area contributed by atoms with Crippen molar-refractivity contribution < 1.29 is 14.7 Å². The van der Waals surface area contributed by atoms with E-state index in [1.54, 1.807) is 6.07 Å². The third kappa shape index (κ3) is 4.75. The molecule has 1 aromatic rings. The summed E-state index contributed by atoms with van der Waals surface area (Å²) in [4.78, 5) is 26.3. The average Bonchev–Trinajstić information content (AvgIpc) is 2.26. The van der Waals surface area contributed by atoms with Gasteiger partial charge in [-0.15, -0.1) is 11.8 Å². The van der Waals surface area contributed by atoms with Gasteiger partial charge in [0.15, 0.2) is 5.69 Å². The predicted octanol–water partition coefficient (Wildman–Crippen LogP) is 2.25. The van der Waals surface area contributed by atoms with Crippen molar-refractivity contribution in [1.82, 2.24) is 4.98 Å². The van der Waals surface area contributed by atoms with Gasteiger partial charge in [-0.3, -0.25) is 4.79 Å². The molecule has 0 fully saturated rings. The number of carbonyl (C=O) groups is 2. The molecule has 0 saturated heterocycles. The van der Waals surface area contributed by atoms with Gasteiger partial charge in [-0.05, 0) is 12.1 Å². The Morgan fingerprint density at radius 2 is 2.11 bits per heavy atom. The molecule has 0 unspecified atom stereocenters. The average molecular weight is 268 g/mol. The van der Waals surface area contributed by atoms with Crippen LogP contribution in [0.25, 0.3) is 0 Å². The van der Waals surface area contributed by atoms with Crippen molar-refractivity contribution in [1.29, 1.82) is 0 Å². The molecule has 0 bridgehead atoms. The third-order valence-electron chi connectivity index (χ3n) is 1.92. The second-order valence-corrected chi connectivity index (χ2v) is 6.46. The molecule has 0 aliphatic heterocycles. The highest BCUT2D eigenvalue weighted by atomic mass is 32.2. The highest BCUT2D eigenvalue weighted by molar-refractivity contribution is 8.01. The Morgan fingerprint density at radius 1 is 1.44 bits per heavy atom. The fraction of sp³-hybridized carbons (Fsp3) is 0.417. The number of amides is 1. The lowest BCUT2D eigenvalue weighted by molar-refractivity contribution is -0.113. The van der Waals surface area contributed by atoms with Gasteiger partial charge in [0.1, 0.15) is 0 Å².